The van der Waals surface area contributed by atoms with Crippen molar-refractivity contribution in [3.63, 3.8) is 0 Å². The van der Waals surface area contributed by atoms with Gasteiger partial charge in [-0.1, -0.05) is 97.0 Å². The van der Waals surface area contributed by atoms with Gasteiger partial charge in [0.2, 0.25) is 0 Å². The summed E-state index contributed by atoms with van der Waals surface area (Å²) in [5.74, 6) is 0. The molecule has 0 radical (unpaired) electrons. The maximum absolute atomic E-state index is 4.12. The molecule has 0 atom stereocenters. The van der Waals surface area contributed by atoms with Crippen LogP contribution < -0.4 is 0 Å². The molecule has 0 bridgehead atoms. The van der Waals surface area contributed by atoms with Gasteiger partial charge in [0.15, 0.2) is 0 Å². The van der Waals surface area contributed by atoms with E-state index in [1.807, 2.05) is 23.3 Å². The SMILES string of the molecule is C=C(CCCCCCCCCCCCCCCC)n1ccnc1. The summed E-state index contributed by atoms with van der Waals surface area (Å²) in [6.07, 6.45) is 26.5. The van der Waals surface area contributed by atoms with Crippen molar-refractivity contribution < 1.29 is 0 Å². The Bertz CT molecular complexity index is 367. The summed E-state index contributed by atoms with van der Waals surface area (Å²) in [6, 6.07) is 0. The van der Waals surface area contributed by atoms with Crippen molar-refractivity contribution in [3.05, 3.63) is 25.3 Å². The van der Waals surface area contributed by atoms with Crippen LogP contribution in [-0.2, 0) is 0 Å². The average molecular weight is 319 g/mol. The Morgan fingerprint density at radius 3 is 1.70 bits per heavy atom. The first-order valence-electron chi connectivity index (χ1n) is 10.0. The van der Waals surface area contributed by atoms with E-state index in [9.17, 15) is 0 Å². The Labute approximate surface area is 144 Å². The van der Waals surface area contributed by atoms with Crippen LogP contribution in [0.25, 0.3) is 5.70 Å². The van der Waals surface area contributed by atoms with Crippen molar-refractivity contribution in [2.24, 2.45) is 0 Å². The van der Waals surface area contributed by atoms with Crippen LogP contribution in [0.5, 0.6) is 0 Å². The molecule has 2 heteroatoms. The Hall–Kier alpha value is -1.05. The lowest BCUT2D eigenvalue weighted by Gasteiger charge is -2.06. The lowest BCUT2D eigenvalue weighted by atomic mass is 10.0. The maximum Gasteiger partial charge on any atom is 0.0988 e. The van der Waals surface area contributed by atoms with Crippen LogP contribution in [0.4, 0.5) is 0 Å². The Morgan fingerprint density at radius 2 is 1.26 bits per heavy atom. The number of rotatable bonds is 16. The van der Waals surface area contributed by atoms with E-state index in [0.717, 1.165) is 6.42 Å². The van der Waals surface area contributed by atoms with Crippen LogP contribution >= 0.6 is 0 Å². The molecular formula is C21H38N2. The molecule has 0 spiro atoms. The lowest BCUT2D eigenvalue weighted by molar-refractivity contribution is 0.536. The molecule has 0 aliphatic heterocycles. The molecule has 0 aliphatic rings. The van der Waals surface area contributed by atoms with E-state index in [-0.39, 0.29) is 0 Å². The van der Waals surface area contributed by atoms with Crippen LogP contribution in [0.1, 0.15) is 103 Å². The van der Waals surface area contributed by atoms with Gasteiger partial charge < -0.3 is 4.57 Å². The molecule has 0 saturated heterocycles. The standard InChI is InChI=1S/C21H38N2/c1-3-4-5-6-7-8-9-10-11-12-13-14-15-16-17-21(2)23-19-18-22-20-23/h18-20H,2-17H2,1H3. The first-order valence-corrected chi connectivity index (χ1v) is 10.0. The van der Waals surface area contributed by atoms with Gasteiger partial charge in [0.05, 0.1) is 6.33 Å². The van der Waals surface area contributed by atoms with Gasteiger partial charge in [0.25, 0.3) is 0 Å². The first kappa shape index (κ1) is 20.0. The molecule has 1 heterocycles. The maximum atomic E-state index is 4.12. The van der Waals surface area contributed by atoms with Gasteiger partial charge in [-0.05, 0) is 12.8 Å². The number of unbranched alkanes of at least 4 members (excludes halogenated alkanes) is 13. The number of allylic oxidation sites excluding steroid dienone is 1. The molecule has 0 amide bonds. The minimum absolute atomic E-state index is 1.09. The third-order valence-electron chi connectivity index (χ3n) is 4.69. The fourth-order valence-corrected chi connectivity index (χ4v) is 3.10. The van der Waals surface area contributed by atoms with E-state index in [2.05, 4.69) is 18.5 Å². The molecule has 23 heavy (non-hydrogen) atoms. The predicted octanol–water partition coefficient (Wildman–Crippen LogP) is 7.23. The highest BCUT2D eigenvalue weighted by Gasteiger charge is 1.97. The smallest absolute Gasteiger partial charge is 0.0988 e. The van der Waals surface area contributed by atoms with Gasteiger partial charge in [-0.15, -0.1) is 0 Å². The highest BCUT2D eigenvalue weighted by atomic mass is 15.0. The molecule has 0 unspecified atom stereocenters. The Balaban J connectivity index is 1.76. The molecule has 2 nitrogen and oxygen atoms in total. The van der Waals surface area contributed by atoms with E-state index in [4.69, 9.17) is 0 Å². The summed E-state index contributed by atoms with van der Waals surface area (Å²) in [6.45, 7) is 6.41. The minimum Gasteiger partial charge on any atom is -0.311 e. The minimum atomic E-state index is 1.09. The fourth-order valence-electron chi connectivity index (χ4n) is 3.10. The zero-order valence-electron chi connectivity index (χ0n) is 15.4. The second-order valence-corrected chi connectivity index (χ2v) is 6.88. The molecule has 0 aliphatic carbocycles. The number of hydrogen-bond donors (Lipinski definition) is 0. The summed E-state index contributed by atoms with van der Waals surface area (Å²) >= 11 is 0. The van der Waals surface area contributed by atoms with Crippen molar-refractivity contribution in [2.75, 3.05) is 0 Å². The van der Waals surface area contributed by atoms with Crippen molar-refractivity contribution in [1.82, 2.24) is 9.55 Å². The third kappa shape index (κ3) is 11.2. The average Bonchev–Trinajstić information content (AvgIpc) is 3.09. The lowest BCUT2D eigenvalue weighted by Crippen LogP contribution is -1.92. The van der Waals surface area contributed by atoms with Crippen LogP contribution in [0.15, 0.2) is 25.3 Å². The Morgan fingerprint density at radius 1 is 0.783 bits per heavy atom. The van der Waals surface area contributed by atoms with Gasteiger partial charge in [0.1, 0.15) is 0 Å². The topological polar surface area (TPSA) is 17.8 Å². The normalized spacial score (nSPS) is 11.0. The van der Waals surface area contributed by atoms with E-state index >= 15 is 0 Å². The number of hydrogen-bond acceptors (Lipinski definition) is 1. The molecule has 132 valence electrons. The van der Waals surface area contributed by atoms with Crippen LogP contribution in [0, 0.1) is 0 Å². The monoisotopic (exact) mass is 318 g/mol. The molecule has 0 aromatic carbocycles. The highest BCUT2D eigenvalue weighted by Crippen LogP contribution is 2.15. The van der Waals surface area contributed by atoms with Crippen LogP contribution in [0.3, 0.4) is 0 Å². The molecule has 1 aromatic rings. The summed E-state index contributed by atoms with van der Waals surface area (Å²) in [5, 5.41) is 0. The molecule has 1 rings (SSSR count). The summed E-state index contributed by atoms with van der Waals surface area (Å²) in [4.78, 5) is 4.06. The molecule has 1 aromatic heterocycles. The van der Waals surface area contributed by atoms with E-state index in [0.29, 0.717) is 0 Å². The quantitative estimate of drug-likeness (QED) is 0.294. The van der Waals surface area contributed by atoms with Crippen molar-refractivity contribution in [3.8, 4) is 0 Å². The summed E-state index contributed by atoms with van der Waals surface area (Å²) in [7, 11) is 0. The van der Waals surface area contributed by atoms with Crippen molar-refractivity contribution >= 4 is 5.70 Å². The van der Waals surface area contributed by atoms with Crippen LogP contribution in [-0.4, -0.2) is 9.55 Å². The van der Waals surface area contributed by atoms with Gasteiger partial charge >= 0.3 is 0 Å². The van der Waals surface area contributed by atoms with Gasteiger partial charge in [0, 0.05) is 18.1 Å². The number of imidazole rings is 1. The molecule has 0 fully saturated rings. The second-order valence-electron chi connectivity index (χ2n) is 6.88. The summed E-state index contributed by atoms with van der Waals surface area (Å²) in [5.41, 5.74) is 1.17. The van der Waals surface area contributed by atoms with E-state index in [1.165, 1.54) is 95.6 Å². The number of aromatic nitrogens is 2. The third-order valence-corrected chi connectivity index (χ3v) is 4.69. The van der Waals surface area contributed by atoms with Gasteiger partial charge in [-0.3, -0.25) is 0 Å². The largest absolute Gasteiger partial charge is 0.311 e. The molecular weight excluding hydrogens is 280 g/mol. The molecule has 0 N–H and O–H groups in total. The highest BCUT2D eigenvalue weighted by molar-refractivity contribution is 5.40. The second kappa shape index (κ2) is 14.5. The molecule has 0 saturated carbocycles. The van der Waals surface area contributed by atoms with E-state index < -0.39 is 0 Å². The van der Waals surface area contributed by atoms with Crippen LogP contribution in [0.2, 0.25) is 0 Å². The zero-order chi connectivity index (χ0) is 16.6. The summed E-state index contributed by atoms with van der Waals surface area (Å²) < 4.78 is 2.03. The first-order chi connectivity index (χ1) is 11.3. The number of nitrogens with zero attached hydrogens (tertiary/aromatic N) is 2. The zero-order valence-corrected chi connectivity index (χ0v) is 15.4. The predicted molar refractivity (Wildman–Crippen MR) is 102 cm³/mol. The van der Waals surface area contributed by atoms with Crippen molar-refractivity contribution in [2.45, 2.75) is 103 Å². The van der Waals surface area contributed by atoms with Gasteiger partial charge in [-0.2, -0.15) is 0 Å². The van der Waals surface area contributed by atoms with E-state index in [1.54, 1.807) is 0 Å². The fraction of sp³-hybridized carbons (Fsp3) is 0.762. The Kier molecular flexibility index (Phi) is 12.6. The van der Waals surface area contributed by atoms with Crippen molar-refractivity contribution in [1.29, 1.82) is 0 Å². The van der Waals surface area contributed by atoms with Gasteiger partial charge in [-0.25, -0.2) is 4.98 Å².